The van der Waals surface area contributed by atoms with Gasteiger partial charge in [-0.05, 0) is 45.8 Å². The first-order chi connectivity index (χ1) is 11.9. The van der Waals surface area contributed by atoms with E-state index in [9.17, 15) is 0 Å². The molecule has 0 aliphatic carbocycles. The first kappa shape index (κ1) is 22.4. The molecular weight excluding hydrogens is 328 g/mol. The van der Waals surface area contributed by atoms with Crippen LogP contribution >= 0.6 is 22.7 Å². The Bertz CT molecular complexity index is 624. The number of fused-ring (bicyclic) bond motifs is 2. The summed E-state index contributed by atoms with van der Waals surface area (Å²) in [5.74, 6) is 0. The van der Waals surface area contributed by atoms with Crippen LogP contribution in [0.15, 0.2) is 71.4 Å². The molecule has 0 fully saturated rings. The summed E-state index contributed by atoms with van der Waals surface area (Å²) >= 11 is 3.57. The molecule has 0 unspecified atom stereocenters. The van der Waals surface area contributed by atoms with Crippen molar-refractivity contribution in [3.05, 3.63) is 71.4 Å². The van der Waals surface area contributed by atoms with Gasteiger partial charge in [-0.25, -0.2) is 0 Å². The van der Waals surface area contributed by atoms with Crippen molar-refractivity contribution in [1.82, 2.24) is 0 Å². The van der Waals surface area contributed by atoms with Gasteiger partial charge in [0.2, 0.25) is 0 Å². The predicted molar refractivity (Wildman–Crippen MR) is 118 cm³/mol. The summed E-state index contributed by atoms with van der Waals surface area (Å²) in [4.78, 5) is 0. The van der Waals surface area contributed by atoms with Crippen LogP contribution in [-0.4, -0.2) is 0 Å². The van der Waals surface area contributed by atoms with Crippen molar-refractivity contribution >= 4 is 42.8 Å². The van der Waals surface area contributed by atoms with E-state index in [1.54, 1.807) is 22.7 Å². The molecule has 0 aliphatic heterocycles. The van der Waals surface area contributed by atoms with Crippen LogP contribution in [0.1, 0.15) is 41.5 Å². The molecule has 4 aromatic rings. The average Bonchev–Trinajstić information content (AvgIpc) is 3.36. The minimum absolute atomic E-state index is 1.35. The van der Waals surface area contributed by atoms with Gasteiger partial charge in [0, 0.05) is 9.40 Å². The Balaban J connectivity index is 0.000000338. The van der Waals surface area contributed by atoms with E-state index in [0.29, 0.717) is 0 Å². The van der Waals surface area contributed by atoms with Gasteiger partial charge >= 0.3 is 0 Å². The van der Waals surface area contributed by atoms with Gasteiger partial charge in [0.25, 0.3) is 0 Å². The fraction of sp³-hybridized carbons (Fsp3) is 0.273. The molecule has 0 spiro atoms. The highest BCUT2D eigenvalue weighted by molar-refractivity contribution is 7.17. The SMILES string of the molecule is CC.CC.CC.c1ccc2sccc2c1.c1ccc2sccc2c1. The molecular formula is C22H30S2. The fourth-order valence-electron chi connectivity index (χ4n) is 1.81. The van der Waals surface area contributed by atoms with Crippen LogP contribution in [0.25, 0.3) is 20.2 Å². The van der Waals surface area contributed by atoms with Gasteiger partial charge in [-0.2, -0.15) is 0 Å². The Morgan fingerprint density at radius 3 is 1.12 bits per heavy atom. The summed E-state index contributed by atoms with van der Waals surface area (Å²) in [5.41, 5.74) is 0. The summed E-state index contributed by atoms with van der Waals surface area (Å²) in [6, 6.07) is 21.1. The lowest BCUT2D eigenvalue weighted by molar-refractivity contribution is 1.50. The molecule has 2 heteroatoms. The Kier molecular flexibility index (Phi) is 13.9. The third-order valence-electron chi connectivity index (χ3n) is 2.72. The topological polar surface area (TPSA) is 0 Å². The molecule has 24 heavy (non-hydrogen) atoms. The minimum atomic E-state index is 1.35. The highest BCUT2D eigenvalue weighted by Crippen LogP contribution is 2.19. The minimum Gasteiger partial charge on any atom is -0.144 e. The molecule has 2 heterocycles. The number of thiophene rings is 2. The second kappa shape index (κ2) is 14.9. The lowest BCUT2D eigenvalue weighted by Crippen LogP contribution is -1.56. The molecule has 0 bridgehead atoms. The molecule has 130 valence electrons. The standard InChI is InChI=1S/2C8H6S.3C2H6/c2*1-2-4-8-7(3-1)5-6-9-8;3*1-2/h2*1-6H;3*1-2H3. The van der Waals surface area contributed by atoms with Crippen molar-refractivity contribution in [3.63, 3.8) is 0 Å². The zero-order valence-electron chi connectivity index (χ0n) is 15.7. The number of benzene rings is 2. The highest BCUT2D eigenvalue weighted by Gasteiger charge is 1.88. The van der Waals surface area contributed by atoms with Crippen LogP contribution in [-0.2, 0) is 0 Å². The predicted octanol–water partition coefficient (Wildman–Crippen LogP) is 8.88. The first-order valence-corrected chi connectivity index (χ1v) is 10.5. The van der Waals surface area contributed by atoms with Crippen molar-refractivity contribution in [3.8, 4) is 0 Å². The van der Waals surface area contributed by atoms with Gasteiger partial charge in [-0.3, -0.25) is 0 Å². The average molecular weight is 359 g/mol. The number of hydrogen-bond acceptors (Lipinski definition) is 2. The third kappa shape index (κ3) is 7.29. The Hall–Kier alpha value is -1.64. The van der Waals surface area contributed by atoms with Crippen LogP contribution in [0.4, 0.5) is 0 Å². The maximum atomic E-state index is 2.14. The lowest BCUT2D eigenvalue weighted by Gasteiger charge is -1.82. The summed E-state index contributed by atoms with van der Waals surface area (Å²) in [6.07, 6.45) is 0. The van der Waals surface area contributed by atoms with Crippen LogP contribution in [0, 0.1) is 0 Å². The summed E-state index contributed by atoms with van der Waals surface area (Å²) in [6.45, 7) is 12.0. The number of hydrogen-bond donors (Lipinski definition) is 0. The molecule has 0 nitrogen and oxygen atoms in total. The van der Waals surface area contributed by atoms with Crippen molar-refractivity contribution in [1.29, 1.82) is 0 Å². The van der Waals surface area contributed by atoms with Gasteiger partial charge in [-0.15, -0.1) is 22.7 Å². The summed E-state index contributed by atoms with van der Waals surface area (Å²) in [7, 11) is 0. The second-order valence-electron chi connectivity index (χ2n) is 3.92. The zero-order valence-corrected chi connectivity index (χ0v) is 17.4. The van der Waals surface area contributed by atoms with E-state index in [0.717, 1.165) is 0 Å². The normalized spacial score (nSPS) is 8.42. The van der Waals surface area contributed by atoms with E-state index in [2.05, 4.69) is 71.4 Å². The molecule has 0 N–H and O–H groups in total. The van der Waals surface area contributed by atoms with E-state index in [4.69, 9.17) is 0 Å². The van der Waals surface area contributed by atoms with Crippen molar-refractivity contribution < 1.29 is 0 Å². The van der Waals surface area contributed by atoms with Gasteiger partial charge in [0.15, 0.2) is 0 Å². The Labute approximate surface area is 155 Å². The quantitative estimate of drug-likeness (QED) is 0.294. The molecule has 0 saturated carbocycles. The van der Waals surface area contributed by atoms with Crippen LogP contribution < -0.4 is 0 Å². The van der Waals surface area contributed by atoms with Gasteiger partial charge in [0.05, 0.1) is 0 Å². The third-order valence-corrected chi connectivity index (χ3v) is 4.52. The number of rotatable bonds is 0. The summed E-state index contributed by atoms with van der Waals surface area (Å²) < 4.78 is 2.75. The molecule has 0 atom stereocenters. The van der Waals surface area contributed by atoms with E-state index >= 15 is 0 Å². The molecule has 0 amide bonds. The van der Waals surface area contributed by atoms with Crippen LogP contribution in [0.2, 0.25) is 0 Å². The van der Waals surface area contributed by atoms with E-state index < -0.39 is 0 Å². The second-order valence-corrected chi connectivity index (χ2v) is 5.81. The van der Waals surface area contributed by atoms with Crippen LogP contribution in [0.5, 0.6) is 0 Å². The zero-order chi connectivity index (χ0) is 18.2. The monoisotopic (exact) mass is 358 g/mol. The van der Waals surface area contributed by atoms with Crippen molar-refractivity contribution in [2.75, 3.05) is 0 Å². The van der Waals surface area contributed by atoms with E-state index in [1.165, 1.54) is 20.2 Å². The van der Waals surface area contributed by atoms with Crippen LogP contribution in [0.3, 0.4) is 0 Å². The molecule has 2 aromatic heterocycles. The largest absolute Gasteiger partial charge is 0.144 e. The van der Waals surface area contributed by atoms with E-state index in [1.807, 2.05) is 41.5 Å². The molecule has 0 saturated heterocycles. The first-order valence-electron chi connectivity index (χ1n) is 8.78. The van der Waals surface area contributed by atoms with Gasteiger partial charge in [0.1, 0.15) is 0 Å². The smallest absolute Gasteiger partial charge is 0.0342 e. The van der Waals surface area contributed by atoms with Crippen molar-refractivity contribution in [2.24, 2.45) is 0 Å². The summed E-state index contributed by atoms with van der Waals surface area (Å²) in [5, 5.41) is 6.93. The van der Waals surface area contributed by atoms with Crippen molar-refractivity contribution in [2.45, 2.75) is 41.5 Å². The van der Waals surface area contributed by atoms with Gasteiger partial charge < -0.3 is 0 Å². The van der Waals surface area contributed by atoms with E-state index in [-0.39, 0.29) is 0 Å². The molecule has 0 aliphatic rings. The van der Waals surface area contributed by atoms with Gasteiger partial charge in [-0.1, -0.05) is 77.9 Å². The Morgan fingerprint density at radius 1 is 0.458 bits per heavy atom. The molecule has 4 rings (SSSR count). The lowest BCUT2D eigenvalue weighted by atomic mass is 10.3. The molecule has 0 radical (unpaired) electrons. The molecule has 2 aromatic carbocycles. The Morgan fingerprint density at radius 2 is 0.792 bits per heavy atom. The maximum absolute atomic E-state index is 2.14. The maximum Gasteiger partial charge on any atom is 0.0342 e. The fourth-order valence-corrected chi connectivity index (χ4v) is 3.39. The highest BCUT2D eigenvalue weighted by atomic mass is 32.1.